The van der Waals surface area contributed by atoms with Gasteiger partial charge in [-0.1, -0.05) is 0 Å². The lowest BCUT2D eigenvalue weighted by Gasteiger charge is -2.13. The van der Waals surface area contributed by atoms with E-state index in [1.54, 1.807) is 6.26 Å². The first-order valence-corrected chi connectivity index (χ1v) is 5.82. The summed E-state index contributed by atoms with van der Waals surface area (Å²) in [6.45, 7) is 1.62. The first-order chi connectivity index (χ1) is 7.36. The lowest BCUT2D eigenvalue weighted by molar-refractivity contribution is -0.116. The first kappa shape index (κ1) is 10.7. The summed E-state index contributed by atoms with van der Waals surface area (Å²) < 4.78 is 10.6. The molecule has 15 heavy (non-hydrogen) atoms. The van der Waals surface area contributed by atoms with Gasteiger partial charge in [0.2, 0.25) is 0 Å². The minimum atomic E-state index is 0.241. The van der Waals surface area contributed by atoms with Crippen LogP contribution in [0.2, 0.25) is 0 Å². The van der Waals surface area contributed by atoms with Gasteiger partial charge in [-0.2, -0.15) is 0 Å². The highest BCUT2D eigenvalue weighted by molar-refractivity contribution is 5.95. The Morgan fingerprint density at radius 1 is 1.40 bits per heavy atom. The zero-order valence-electron chi connectivity index (χ0n) is 9.04. The van der Waals surface area contributed by atoms with Gasteiger partial charge in [-0.25, -0.2) is 0 Å². The van der Waals surface area contributed by atoms with E-state index >= 15 is 0 Å². The van der Waals surface area contributed by atoms with Crippen molar-refractivity contribution in [1.29, 1.82) is 0 Å². The van der Waals surface area contributed by atoms with Crippen LogP contribution in [0.3, 0.4) is 0 Å². The van der Waals surface area contributed by atoms with Gasteiger partial charge < -0.3 is 9.47 Å². The molecule has 3 heteroatoms. The van der Waals surface area contributed by atoms with Crippen LogP contribution in [-0.4, -0.2) is 25.1 Å². The van der Waals surface area contributed by atoms with Crippen LogP contribution in [0, 0.1) is 0 Å². The van der Waals surface area contributed by atoms with Gasteiger partial charge >= 0.3 is 0 Å². The van der Waals surface area contributed by atoms with Gasteiger partial charge in [0.15, 0.2) is 5.78 Å². The molecule has 1 atom stereocenters. The minimum Gasteiger partial charge on any atom is -0.501 e. The fourth-order valence-corrected chi connectivity index (χ4v) is 2.09. The predicted octanol–water partition coefficient (Wildman–Crippen LogP) is 2.21. The first-order valence-electron chi connectivity index (χ1n) is 5.82. The van der Waals surface area contributed by atoms with Crippen molar-refractivity contribution in [2.45, 2.75) is 44.6 Å². The molecule has 0 amide bonds. The number of allylic oxidation sites excluding steroid dienone is 1. The highest BCUT2D eigenvalue weighted by Gasteiger charge is 2.19. The molecule has 0 aromatic heterocycles. The number of rotatable bonds is 4. The Balaban J connectivity index is 1.73. The van der Waals surface area contributed by atoms with Crippen LogP contribution in [-0.2, 0) is 14.3 Å². The Labute approximate surface area is 90.4 Å². The van der Waals surface area contributed by atoms with E-state index in [4.69, 9.17) is 9.47 Å². The van der Waals surface area contributed by atoms with E-state index in [1.807, 2.05) is 0 Å². The Kier molecular flexibility index (Phi) is 3.78. The molecule has 1 unspecified atom stereocenters. The van der Waals surface area contributed by atoms with Crippen molar-refractivity contribution in [2.75, 3.05) is 13.2 Å². The number of carbonyl (C=O) groups is 1. The maximum Gasteiger partial charge on any atom is 0.162 e. The number of ketones is 1. The molecule has 1 saturated heterocycles. The smallest absolute Gasteiger partial charge is 0.162 e. The van der Waals surface area contributed by atoms with E-state index in [9.17, 15) is 4.79 Å². The Morgan fingerprint density at radius 3 is 3.00 bits per heavy atom. The second-order valence-corrected chi connectivity index (χ2v) is 4.21. The molecule has 0 bridgehead atoms. The van der Waals surface area contributed by atoms with Gasteiger partial charge in [0, 0.05) is 18.6 Å². The quantitative estimate of drug-likeness (QED) is 0.713. The van der Waals surface area contributed by atoms with Crippen molar-refractivity contribution in [1.82, 2.24) is 0 Å². The van der Waals surface area contributed by atoms with Gasteiger partial charge in [-0.15, -0.1) is 0 Å². The number of ether oxygens (including phenoxy) is 2. The molecule has 84 valence electrons. The van der Waals surface area contributed by atoms with Crippen LogP contribution in [0.25, 0.3) is 0 Å². The topological polar surface area (TPSA) is 35.5 Å². The molecule has 2 aliphatic rings. The summed E-state index contributed by atoms with van der Waals surface area (Å²) in [5.41, 5.74) is 0.860. The molecular formula is C12H18O3. The van der Waals surface area contributed by atoms with E-state index in [2.05, 4.69) is 0 Å². The zero-order chi connectivity index (χ0) is 10.5. The van der Waals surface area contributed by atoms with E-state index < -0.39 is 0 Å². The lowest BCUT2D eigenvalue weighted by atomic mass is 10.0. The van der Waals surface area contributed by atoms with Crippen molar-refractivity contribution in [3.63, 3.8) is 0 Å². The minimum absolute atomic E-state index is 0.241. The highest BCUT2D eigenvalue weighted by Crippen LogP contribution is 2.20. The third-order valence-corrected chi connectivity index (χ3v) is 3.01. The summed E-state index contributed by atoms with van der Waals surface area (Å²) in [4.78, 5) is 11.8. The largest absolute Gasteiger partial charge is 0.501 e. The molecule has 0 aromatic rings. The van der Waals surface area contributed by atoms with Gasteiger partial charge in [0.1, 0.15) is 0 Å². The normalized spacial score (nSPS) is 25.9. The van der Waals surface area contributed by atoms with Crippen molar-refractivity contribution in [2.24, 2.45) is 0 Å². The molecule has 0 radical (unpaired) electrons. The predicted molar refractivity (Wildman–Crippen MR) is 56.5 cm³/mol. The van der Waals surface area contributed by atoms with Crippen molar-refractivity contribution >= 4 is 5.78 Å². The molecule has 0 saturated carbocycles. The monoisotopic (exact) mass is 210 g/mol. The number of hydrogen-bond acceptors (Lipinski definition) is 3. The molecule has 2 aliphatic heterocycles. The van der Waals surface area contributed by atoms with E-state index in [0.717, 1.165) is 50.9 Å². The standard InChI is InChI=1S/C12H18O3/c13-12(10-3-1-7-14-9-10)6-5-11-4-2-8-15-11/h9,11H,1-8H2. The zero-order valence-corrected chi connectivity index (χ0v) is 9.04. The molecule has 0 spiro atoms. The maximum atomic E-state index is 11.8. The van der Waals surface area contributed by atoms with E-state index in [-0.39, 0.29) is 5.78 Å². The van der Waals surface area contributed by atoms with Crippen molar-refractivity contribution in [3.8, 4) is 0 Å². The third-order valence-electron chi connectivity index (χ3n) is 3.01. The average molecular weight is 210 g/mol. The summed E-state index contributed by atoms with van der Waals surface area (Å²) in [5, 5.41) is 0. The molecule has 2 heterocycles. The molecule has 1 fully saturated rings. The van der Waals surface area contributed by atoms with Crippen LogP contribution in [0.4, 0.5) is 0 Å². The summed E-state index contributed by atoms with van der Waals surface area (Å²) in [5.74, 6) is 0.241. The van der Waals surface area contributed by atoms with Crippen LogP contribution in [0.1, 0.15) is 38.5 Å². The average Bonchev–Trinajstić information content (AvgIpc) is 2.80. The lowest BCUT2D eigenvalue weighted by Crippen LogP contribution is -2.12. The second-order valence-electron chi connectivity index (χ2n) is 4.21. The van der Waals surface area contributed by atoms with Crippen LogP contribution >= 0.6 is 0 Å². The molecular weight excluding hydrogens is 192 g/mol. The molecule has 0 aromatic carbocycles. The Bertz CT molecular complexity index is 252. The van der Waals surface area contributed by atoms with Gasteiger partial charge in [-0.05, 0) is 32.1 Å². The SMILES string of the molecule is O=C(CCC1CCCO1)C1=COCCC1. The summed E-state index contributed by atoms with van der Waals surface area (Å²) in [6.07, 6.45) is 7.55. The summed E-state index contributed by atoms with van der Waals surface area (Å²) in [6, 6.07) is 0. The fraction of sp³-hybridized carbons (Fsp3) is 0.750. The van der Waals surface area contributed by atoms with Crippen LogP contribution in [0.5, 0.6) is 0 Å². The van der Waals surface area contributed by atoms with Crippen LogP contribution < -0.4 is 0 Å². The third kappa shape index (κ3) is 3.06. The molecule has 0 N–H and O–H groups in total. The van der Waals surface area contributed by atoms with Gasteiger partial charge in [0.05, 0.1) is 19.0 Å². The molecule has 3 nitrogen and oxygen atoms in total. The van der Waals surface area contributed by atoms with Gasteiger partial charge in [-0.3, -0.25) is 4.79 Å². The van der Waals surface area contributed by atoms with E-state index in [1.165, 1.54) is 0 Å². The number of Topliss-reactive ketones (excluding diaryl/α,β-unsaturated/α-hetero) is 1. The maximum absolute atomic E-state index is 11.8. The Morgan fingerprint density at radius 2 is 2.33 bits per heavy atom. The highest BCUT2D eigenvalue weighted by atomic mass is 16.5. The van der Waals surface area contributed by atoms with Crippen molar-refractivity contribution in [3.05, 3.63) is 11.8 Å². The summed E-state index contributed by atoms with van der Waals surface area (Å²) in [7, 11) is 0. The number of hydrogen-bond donors (Lipinski definition) is 0. The second kappa shape index (κ2) is 5.31. The Hall–Kier alpha value is -0.830. The van der Waals surface area contributed by atoms with Crippen LogP contribution in [0.15, 0.2) is 11.8 Å². The van der Waals surface area contributed by atoms with E-state index in [0.29, 0.717) is 12.5 Å². The molecule has 2 rings (SSSR count). The summed E-state index contributed by atoms with van der Waals surface area (Å²) >= 11 is 0. The van der Waals surface area contributed by atoms with Gasteiger partial charge in [0.25, 0.3) is 0 Å². The van der Waals surface area contributed by atoms with Crippen molar-refractivity contribution < 1.29 is 14.3 Å². The number of carbonyl (C=O) groups excluding carboxylic acids is 1. The fourth-order valence-electron chi connectivity index (χ4n) is 2.09. The molecule has 0 aliphatic carbocycles.